The van der Waals surface area contributed by atoms with Gasteiger partial charge in [0, 0.05) is 27.1 Å². The second-order valence-corrected chi connectivity index (χ2v) is 9.30. The van der Waals surface area contributed by atoms with Crippen LogP contribution in [0.3, 0.4) is 0 Å². The van der Waals surface area contributed by atoms with E-state index in [1.54, 1.807) is 0 Å². The van der Waals surface area contributed by atoms with Crippen molar-refractivity contribution in [3.8, 4) is 10.6 Å². The number of fused-ring (bicyclic) bond motifs is 1. The number of aryl methyl sites for hydroxylation is 1. The highest BCUT2D eigenvalue weighted by molar-refractivity contribution is 7.18. The normalized spacial score (nSPS) is 17.9. The highest BCUT2D eigenvalue weighted by Gasteiger charge is 2.42. The van der Waals surface area contributed by atoms with Gasteiger partial charge in [0.05, 0.1) is 5.92 Å². The van der Waals surface area contributed by atoms with Gasteiger partial charge in [-0.2, -0.15) is 13.2 Å². The Balaban J connectivity index is 0.000000628. The zero-order valence-electron chi connectivity index (χ0n) is 16.6. The van der Waals surface area contributed by atoms with Gasteiger partial charge in [-0.25, -0.2) is 9.78 Å². The molecule has 2 aromatic rings. The summed E-state index contributed by atoms with van der Waals surface area (Å²) in [6, 6.07) is 0. The van der Waals surface area contributed by atoms with E-state index in [-0.39, 0.29) is 18.7 Å². The van der Waals surface area contributed by atoms with Crippen molar-refractivity contribution in [2.75, 3.05) is 5.32 Å². The van der Waals surface area contributed by atoms with E-state index in [1.165, 1.54) is 22.7 Å². The van der Waals surface area contributed by atoms with E-state index in [9.17, 15) is 18.0 Å². The number of nitrogens with one attached hydrogen (secondary N) is 1. The van der Waals surface area contributed by atoms with Gasteiger partial charge in [0.1, 0.15) is 10.0 Å². The van der Waals surface area contributed by atoms with Gasteiger partial charge in [-0.05, 0) is 51.0 Å². The smallest absolute Gasteiger partial charge is 0.450 e. The molecule has 0 fully saturated rings. The average Bonchev–Trinajstić information content (AvgIpc) is 3.39. The van der Waals surface area contributed by atoms with Crippen LogP contribution in [0.2, 0.25) is 0 Å². The van der Waals surface area contributed by atoms with Crippen molar-refractivity contribution in [1.82, 2.24) is 4.98 Å². The van der Waals surface area contributed by atoms with Crippen molar-refractivity contribution in [2.45, 2.75) is 51.6 Å². The molecule has 0 aliphatic heterocycles. The Hall–Kier alpha value is -2.40. The van der Waals surface area contributed by atoms with Crippen molar-refractivity contribution in [3.05, 3.63) is 33.2 Å². The SMILES string of the molecule is Cc1csc(-c2c(NC(=O)C3=CCCC3)sc3c2CC[C@H](C(F)(F)F)C3)n1.O=C(O)O. The summed E-state index contributed by atoms with van der Waals surface area (Å²) < 4.78 is 39.6. The largest absolute Gasteiger partial charge is 0.503 e. The van der Waals surface area contributed by atoms with Crippen LogP contribution in [0.15, 0.2) is 17.0 Å². The lowest BCUT2D eigenvalue weighted by molar-refractivity contribution is -0.176. The summed E-state index contributed by atoms with van der Waals surface area (Å²) in [7, 11) is 0. The van der Waals surface area contributed by atoms with Crippen molar-refractivity contribution in [2.24, 2.45) is 5.92 Å². The van der Waals surface area contributed by atoms with Crippen LogP contribution in [0, 0.1) is 12.8 Å². The first-order chi connectivity index (χ1) is 14.6. The van der Waals surface area contributed by atoms with E-state index in [0.717, 1.165) is 51.5 Å². The second-order valence-electron chi connectivity index (χ2n) is 7.34. The molecule has 0 aromatic carbocycles. The minimum atomic E-state index is -4.18. The summed E-state index contributed by atoms with van der Waals surface area (Å²) in [5, 5.41) is 20.2. The summed E-state index contributed by atoms with van der Waals surface area (Å²) in [4.78, 5) is 26.4. The number of thiazole rings is 1. The Morgan fingerprint density at radius 1 is 1.26 bits per heavy atom. The molecule has 1 amide bonds. The summed E-state index contributed by atoms with van der Waals surface area (Å²) in [5.74, 6) is -1.45. The Labute approximate surface area is 184 Å². The van der Waals surface area contributed by atoms with Crippen LogP contribution in [0.1, 0.15) is 41.8 Å². The van der Waals surface area contributed by atoms with Crippen LogP contribution in [0.5, 0.6) is 0 Å². The lowest BCUT2D eigenvalue weighted by Crippen LogP contribution is -2.28. The van der Waals surface area contributed by atoms with E-state index in [0.29, 0.717) is 11.4 Å². The molecular weight excluding hydrogens is 453 g/mol. The molecule has 4 rings (SSSR count). The molecule has 0 spiro atoms. The molecule has 0 saturated carbocycles. The summed E-state index contributed by atoms with van der Waals surface area (Å²) >= 11 is 2.75. The zero-order chi connectivity index (χ0) is 22.8. The standard InChI is InChI=1S/C19H19F3N2OS2.CH2O3/c1-10-9-26-17(23-10)15-13-7-6-12(19(20,21)22)8-14(13)27-18(15)24-16(25)11-4-2-3-5-11;2-1(3)4/h4,9,12H,2-3,5-8H2,1H3,(H,24,25);(H2,2,3,4)/t12-;/m0./s1. The van der Waals surface area contributed by atoms with E-state index < -0.39 is 18.2 Å². The van der Waals surface area contributed by atoms with E-state index >= 15 is 0 Å². The summed E-state index contributed by atoms with van der Waals surface area (Å²) in [6.07, 6.45) is -1.03. The number of anilines is 1. The monoisotopic (exact) mass is 474 g/mol. The quantitative estimate of drug-likeness (QED) is 0.498. The first-order valence-corrected chi connectivity index (χ1v) is 11.3. The third kappa shape index (κ3) is 5.65. The van der Waals surface area contributed by atoms with Crippen LogP contribution in [-0.2, 0) is 17.6 Å². The Morgan fingerprint density at radius 3 is 2.52 bits per heavy atom. The van der Waals surface area contributed by atoms with Crippen LogP contribution >= 0.6 is 22.7 Å². The molecule has 2 aromatic heterocycles. The molecule has 0 bridgehead atoms. The van der Waals surface area contributed by atoms with Crippen molar-refractivity contribution in [3.63, 3.8) is 0 Å². The first kappa shape index (κ1) is 23.3. The molecule has 2 heterocycles. The van der Waals surface area contributed by atoms with Gasteiger partial charge in [-0.15, -0.1) is 22.7 Å². The average molecular weight is 475 g/mol. The molecule has 0 radical (unpaired) electrons. The Bertz CT molecular complexity index is 1010. The Morgan fingerprint density at radius 2 is 1.97 bits per heavy atom. The highest BCUT2D eigenvalue weighted by atomic mass is 32.1. The number of allylic oxidation sites excluding steroid dienone is 1. The third-order valence-electron chi connectivity index (χ3n) is 5.12. The summed E-state index contributed by atoms with van der Waals surface area (Å²) in [6.45, 7) is 1.89. The number of hydrogen-bond acceptors (Lipinski definition) is 5. The number of carbonyl (C=O) groups excluding carboxylic acids is 1. The number of alkyl halides is 3. The second kappa shape index (κ2) is 9.39. The predicted octanol–water partition coefficient (Wildman–Crippen LogP) is 6.12. The number of halogens is 3. The molecule has 168 valence electrons. The van der Waals surface area contributed by atoms with Crippen molar-refractivity contribution < 1.29 is 33.0 Å². The fourth-order valence-electron chi connectivity index (χ4n) is 3.71. The molecule has 2 aliphatic rings. The third-order valence-corrected chi connectivity index (χ3v) is 7.27. The lowest BCUT2D eigenvalue weighted by atomic mass is 9.87. The molecule has 1 atom stereocenters. The molecule has 31 heavy (non-hydrogen) atoms. The number of carbonyl (C=O) groups is 2. The van der Waals surface area contributed by atoms with E-state index in [4.69, 9.17) is 15.0 Å². The maximum atomic E-state index is 13.2. The minimum Gasteiger partial charge on any atom is -0.450 e. The van der Waals surface area contributed by atoms with Gasteiger partial charge >= 0.3 is 12.3 Å². The molecule has 2 aliphatic carbocycles. The number of nitrogens with zero attached hydrogens (tertiary/aromatic N) is 1. The Kier molecular flexibility index (Phi) is 7.05. The minimum absolute atomic E-state index is 0.0145. The molecule has 11 heteroatoms. The van der Waals surface area contributed by atoms with Crippen molar-refractivity contribution >= 4 is 39.7 Å². The number of rotatable bonds is 3. The van der Waals surface area contributed by atoms with E-state index in [1.807, 2.05) is 18.4 Å². The highest BCUT2D eigenvalue weighted by Crippen LogP contribution is 2.48. The van der Waals surface area contributed by atoms with Gasteiger partial charge in [0.2, 0.25) is 0 Å². The van der Waals surface area contributed by atoms with E-state index in [2.05, 4.69) is 10.3 Å². The molecule has 0 unspecified atom stereocenters. The van der Waals surface area contributed by atoms with Crippen molar-refractivity contribution in [1.29, 1.82) is 0 Å². The predicted molar refractivity (Wildman–Crippen MR) is 113 cm³/mol. The van der Waals surface area contributed by atoms with Gasteiger partial charge in [-0.1, -0.05) is 6.08 Å². The molecule has 0 saturated heterocycles. The fourth-order valence-corrected chi connectivity index (χ4v) is 5.97. The van der Waals surface area contributed by atoms with Gasteiger partial charge < -0.3 is 15.5 Å². The van der Waals surface area contributed by atoms with Gasteiger partial charge in [0.25, 0.3) is 5.91 Å². The molecule has 3 N–H and O–H groups in total. The fraction of sp³-hybridized carbons (Fsp3) is 0.450. The number of amides is 1. The zero-order valence-corrected chi connectivity index (χ0v) is 18.2. The molecule has 6 nitrogen and oxygen atoms in total. The number of thiophene rings is 1. The van der Waals surface area contributed by atoms with Crippen LogP contribution < -0.4 is 5.32 Å². The maximum absolute atomic E-state index is 13.2. The number of aromatic nitrogens is 1. The van der Waals surface area contributed by atoms with Crippen LogP contribution in [0.25, 0.3) is 10.6 Å². The van der Waals surface area contributed by atoms with Crippen LogP contribution in [0.4, 0.5) is 23.0 Å². The topological polar surface area (TPSA) is 99.5 Å². The summed E-state index contributed by atoms with van der Waals surface area (Å²) in [5.41, 5.74) is 3.37. The maximum Gasteiger partial charge on any atom is 0.503 e. The number of carboxylic acid groups (broad SMARTS) is 2. The molecular formula is C20H21F3N2O4S2. The number of hydrogen-bond donors (Lipinski definition) is 3. The van der Waals surface area contributed by atoms with Crippen LogP contribution in [-0.4, -0.2) is 33.4 Å². The first-order valence-electron chi connectivity index (χ1n) is 9.62. The van der Waals surface area contributed by atoms with Gasteiger partial charge in [-0.3, -0.25) is 4.79 Å². The lowest BCUT2D eigenvalue weighted by Gasteiger charge is -2.24. The van der Waals surface area contributed by atoms with Gasteiger partial charge in [0.15, 0.2) is 0 Å².